The second kappa shape index (κ2) is 3.67. The number of carbonyl (C=O) groups excluding carboxylic acids is 1. The highest BCUT2D eigenvalue weighted by Gasteiger charge is 2.34. The zero-order chi connectivity index (χ0) is 11.1. The first-order valence-corrected chi connectivity index (χ1v) is 5.99. The summed E-state index contributed by atoms with van der Waals surface area (Å²) in [7, 11) is 0. The molecular formula is C12H13ClN2O. The Kier molecular flexibility index (Phi) is 2.28. The molecule has 1 fully saturated rings. The van der Waals surface area contributed by atoms with Crippen LogP contribution in [0, 0.1) is 5.92 Å². The minimum atomic E-state index is -0.105. The number of hydrogen-bond donors (Lipinski definition) is 2. The molecule has 3 rings (SSSR count). The van der Waals surface area contributed by atoms with Crippen molar-refractivity contribution in [2.75, 3.05) is 5.32 Å². The average Bonchev–Trinajstić information content (AvgIpc) is 2.16. The van der Waals surface area contributed by atoms with E-state index in [0.29, 0.717) is 5.92 Å². The summed E-state index contributed by atoms with van der Waals surface area (Å²) >= 11 is 6.00. The van der Waals surface area contributed by atoms with Crippen molar-refractivity contribution in [1.82, 2.24) is 5.32 Å². The van der Waals surface area contributed by atoms with E-state index in [2.05, 4.69) is 10.6 Å². The number of benzene rings is 1. The van der Waals surface area contributed by atoms with Gasteiger partial charge in [0, 0.05) is 10.7 Å². The fourth-order valence-corrected chi connectivity index (χ4v) is 2.61. The third kappa shape index (κ3) is 1.55. The van der Waals surface area contributed by atoms with Crippen molar-refractivity contribution in [3.63, 3.8) is 0 Å². The van der Waals surface area contributed by atoms with Gasteiger partial charge in [-0.25, -0.2) is 4.79 Å². The number of nitrogens with one attached hydrogen (secondary N) is 2. The second-order valence-corrected chi connectivity index (χ2v) is 4.94. The lowest BCUT2D eigenvalue weighted by Gasteiger charge is -2.38. The van der Waals surface area contributed by atoms with E-state index in [0.717, 1.165) is 16.3 Å². The summed E-state index contributed by atoms with van der Waals surface area (Å²) in [6.07, 6.45) is 3.65. The second-order valence-electron chi connectivity index (χ2n) is 4.50. The molecule has 0 radical (unpaired) electrons. The Bertz CT molecular complexity index is 443. The smallest absolute Gasteiger partial charge is 0.319 e. The molecule has 2 amide bonds. The molecule has 0 saturated heterocycles. The molecule has 2 aliphatic rings. The molecule has 1 unspecified atom stereocenters. The fourth-order valence-electron chi connectivity index (χ4n) is 2.43. The highest BCUT2D eigenvalue weighted by atomic mass is 35.5. The first-order valence-electron chi connectivity index (χ1n) is 5.61. The Hall–Kier alpha value is -1.22. The van der Waals surface area contributed by atoms with Crippen LogP contribution >= 0.6 is 11.6 Å². The number of halogens is 1. The maximum Gasteiger partial charge on any atom is 0.319 e. The van der Waals surface area contributed by atoms with Crippen LogP contribution in [0.5, 0.6) is 0 Å². The summed E-state index contributed by atoms with van der Waals surface area (Å²) in [6, 6.07) is 5.67. The Morgan fingerprint density at radius 1 is 1.31 bits per heavy atom. The van der Waals surface area contributed by atoms with Gasteiger partial charge in [0.2, 0.25) is 0 Å². The predicted molar refractivity (Wildman–Crippen MR) is 63.7 cm³/mol. The van der Waals surface area contributed by atoms with Crippen molar-refractivity contribution in [3.8, 4) is 0 Å². The van der Waals surface area contributed by atoms with Gasteiger partial charge in [0.15, 0.2) is 0 Å². The zero-order valence-electron chi connectivity index (χ0n) is 8.79. The van der Waals surface area contributed by atoms with Crippen LogP contribution in [0.15, 0.2) is 18.2 Å². The van der Waals surface area contributed by atoms with E-state index >= 15 is 0 Å². The quantitative estimate of drug-likeness (QED) is 0.772. The van der Waals surface area contributed by atoms with Crippen LogP contribution in [0.2, 0.25) is 5.02 Å². The Labute approximate surface area is 99.2 Å². The van der Waals surface area contributed by atoms with Crippen LogP contribution in [0.25, 0.3) is 0 Å². The zero-order valence-corrected chi connectivity index (χ0v) is 9.55. The summed E-state index contributed by atoms with van der Waals surface area (Å²) < 4.78 is 0. The average molecular weight is 237 g/mol. The first-order chi connectivity index (χ1) is 7.74. The number of rotatable bonds is 1. The van der Waals surface area contributed by atoms with E-state index in [-0.39, 0.29) is 12.1 Å². The van der Waals surface area contributed by atoms with Gasteiger partial charge < -0.3 is 10.6 Å². The Morgan fingerprint density at radius 2 is 2.12 bits per heavy atom. The third-order valence-corrected chi connectivity index (χ3v) is 3.74. The minimum absolute atomic E-state index is 0.105. The monoisotopic (exact) mass is 236 g/mol. The molecule has 1 aromatic rings. The molecule has 1 aliphatic carbocycles. The number of urea groups is 1. The first kappa shape index (κ1) is 9.97. The fraction of sp³-hybridized carbons (Fsp3) is 0.417. The van der Waals surface area contributed by atoms with Crippen molar-refractivity contribution in [2.45, 2.75) is 25.3 Å². The van der Waals surface area contributed by atoms with Crippen LogP contribution in [0.1, 0.15) is 30.9 Å². The molecule has 3 nitrogen and oxygen atoms in total. The van der Waals surface area contributed by atoms with Gasteiger partial charge in [-0.3, -0.25) is 0 Å². The lowest BCUT2D eigenvalue weighted by Crippen LogP contribution is -2.42. The van der Waals surface area contributed by atoms with E-state index in [4.69, 9.17) is 11.6 Å². The number of fused-ring (bicyclic) bond motifs is 1. The van der Waals surface area contributed by atoms with Crippen LogP contribution in [0.3, 0.4) is 0 Å². The van der Waals surface area contributed by atoms with Gasteiger partial charge in [-0.1, -0.05) is 18.0 Å². The minimum Gasteiger partial charge on any atom is -0.331 e. The summed E-state index contributed by atoms with van der Waals surface area (Å²) in [5.41, 5.74) is 2.02. The van der Waals surface area contributed by atoms with Crippen LogP contribution in [-0.4, -0.2) is 6.03 Å². The predicted octanol–water partition coefficient (Wildman–Crippen LogP) is 3.32. The summed E-state index contributed by atoms with van der Waals surface area (Å²) in [5, 5.41) is 6.53. The van der Waals surface area contributed by atoms with Crippen molar-refractivity contribution in [1.29, 1.82) is 0 Å². The molecule has 1 saturated carbocycles. The lowest BCUT2D eigenvalue weighted by atomic mass is 9.76. The Balaban J connectivity index is 2.01. The van der Waals surface area contributed by atoms with Gasteiger partial charge in [0.1, 0.15) is 0 Å². The van der Waals surface area contributed by atoms with E-state index < -0.39 is 0 Å². The van der Waals surface area contributed by atoms with E-state index in [9.17, 15) is 4.79 Å². The molecule has 1 aromatic carbocycles. The highest BCUT2D eigenvalue weighted by Crippen LogP contribution is 2.42. The number of amides is 2. The highest BCUT2D eigenvalue weighted by molar-refractivity contribution is 6.30. The molecule has 1 atom stereocenters. The van der Waals surface area contributed by atoms with Gasteiger partial charge in [-0.2, -0.15) is 0 Å². The number of hydrogen-bond acceptors (Lipinski definition) is 1. The molecule has 1 heterocycles. The lowest BCUT2D eigenvalue weighted by molar-refractivity contribution is 0.213. The molecular weight excluding hydrogens is 224 g/mol. The largest absolute Gasteiger partial charge is 0.331 e. The Morgan fingerprint density at radius 3 is 2.81 bits per heavy atom. The van der Waals surface area contributed by atoms with E-state index in [1.807, 2.05) is 18.2 Å². The van der Waals surface area contributed by atoms with Crippen LogP contribution in [0.4, 0.5) is 10.5 Å². The maximum atomic E-state index is 11.5. The maximum absolute atomic E-state index is 11.5. The summed E-state index contributed by atoms with van der Waals surface area (Å²) in [6.45, 7) is 0. The molecule has 4 heteroatoms. The summed E-state index contributed by atoms with van der Waals surface area (Å²) in [4.78, 5) is 11.5. The molecule has 1 aliphatic heterocycles. The van der Waals surface area contributed by atoms with Gasteiger partial charge in [0.05, 0.1) is 6.04 Å². The molecule has 2 N–H and O–H groups in total. The van der Waals surface area contributed by atoms with Gasteiger partial charge in [0.25, 0.3) is 0 Å². The van der Waals surface area contributed by atoms with Crippen molar-refractivity contribution in [3.05, 3.63) is 28.8 Å². The van der Waals surface area contributed by atoms with Crippen molar-refractivity contribution in [2.24, 2.45) is 5.92 Å². The topological polar surface area (TPSA) is 41.1 Å². The van der Waals surface area contributed by atoms with Gasteiger partial charge in [-0.05, 0) is 42.5 Å². The van der Waals surface area contributed by atoms with Gasteiger partial charge >= 0.3 is 6.03 Å². The molecule has 0 aromatic heterocycles. The molecule has 0 bridgehead atoms. The molecule has 84 valence electrons. The number of anilines is 1. The van der Waals surface area contributed by atoms with Crippen LogP contribution in [-0.2, 0) is 0 Å². The number of carbonyl (C=O) groups is 1. The van der Waals surface area contributed by atoms with E-state index in [1.54, 1.807) is 0 Å². The van der Waals surface area contributed by atoms with E-state index in [1.165, 1.54) is 19.3 Å². The molecule has 0 spiro atoms. The third-order valence-electron chi connectivity index (χ3n) is 3.50. The standard InChI is InChI=1S/C12H13ClN2O/c13-8-4-5-10-9(6-8)11(7-2-1-3-7)15-12(16)14-10/h4-7,11H,1-3H2,(H2,14,15,16). The van der Waals surface area contributed by atoms with Crippen molar-refractivity contribution >= 4 is 23.3 Å². The summed E-state index contributed by atoms with van der Waals surface area (Å²) in [5.74, 6) is 0.572. The van der Waals surface area contributed by atoms with Gasteiger partial charge in [-0.15, -0.1) is 0 Å². The normalized spacial score (nSPS) is 24.1. The molecule has 16 heavy (non-hydrogen) atoms. The van der Waals surface area contributed by atoms with Crippen LogP contribution < -0.4 is 10.6 Å². The SMILES string of the molecule is O=C1Nc2ccc(Cl)cc2C(C2CCC2)N1. The van der Waals surface area contributed by atoms with Crippen molar-refractivity contribution < 1.29 is 4.79 Å².